The third-order valence-corrected chi connectivity index (χ3v) is 2.00. The van der Waals surface area contributed by atoms with Crippen molar-refractivity contribution in [2.24, 2.45) is 0 Å². The number of fused-ring (bicyclic) bond motifs is 1. The van der Waals surface area contributed by atoms with Crippen molar-refractivity contribution in [1.29, 1.82) is 0 Å². The highest BCUT2D eigenvalue weighted by atomic mass is 35.5. The van der Waals surface area contributed by atoms with Crippen LogP contribution in [0.15, 0.2) is 42.5 Å². The van der Waals surface area contributed by atoms with E-state index in [1.165, 1.54) is 0 Å². The molecule has 2 aromatic carbocycles. The van der Waals surface area contributed by atoms with Crippen LogP contribution in [0.25, 0.3) is 10.8 Å². The van der Waals surface area contributed by atoms with E-state index in [1.807, 2.05) is 36.4 Å². The van der Waals surface area contributed by atoms with Crippen molar-refractivity contribution in [2.75, 3.05) is 5.32 Å². The normalized spacial score (nSPS) is 9.33. The van der Waals surface area contributed by atoms with E-state index in [9.17, 15) is 4.79 Å². The van der Waals surface area contributed by atoms with Gasteiger partial charge in [0.1, 0.15) is 0 Å². The number of anilines is 1. The minimum atomic E-state index is -1.04. The van der Waals surface area contributed by atoms with Crippen molar-refractivity contribution in [1.82, 2.24) is 0 Å². The van der Waals surface area contributed by atoms with Crippen LogP contribution in [0, 0.1) is 0 Å². The van der Waals surface area contributed by atoms with E-state index in [-0.39, 0.29) is 12.4 Å². The lowest BCUT2D eigenvalue weighted by atomic mass is 10.1. The predicted octanol–water partition coefficient (Wildman–Crippen LogP) is 3.35. The Balaban J connectivity index is 0.00000112. The molecule has 0 aromatic heterocycles. The largest absolute Gasteiger partial charge is 0.465 e. The van der Waals surface area contributed by atoms with Crippen LogP contribution in [0.5, 0.6) is 0 Å². The minimum absolute atomic E-state index is 0. The highest BCUT2D eigenvalue weighted by molar-refractivity contribution is 5.90. The molecule has 0 fully saturated rings. The van der Waals surface area contributed by atoms with Crippen LogP contribution >= 0.6 is 12.4 Å². The van der Waals surface area contributed by atoms with E-state index in [1.54, 1.807) is 6.07 Å². The molecule has 2 N–H and O–H groups in total. The average Bonchev–Trinajstić information content (AvgIpc) is 2.17. The van der Waals surface area contributed by atoms with E-state index >= 15 is 0 Å². The highest BCUT2D eigenvalue weighted by Gasteiger charge is 1.98. The van der Waals surface area contributed by atoms with Crippen LogP contribution in [-0.2, 0) is 0 Å². The predicted molar refractivity (Wildman–Crippen MR) is 62.8 cm³/mol. The molecule has 0 heterocycles. The molecule has 4 heteroatoms. The van der Waals surface area contributed by atoms with Crippen LogP contribution in [-0.4, -0.2) is 11.2 Å². The summed E-state index contributed by atoms with van der Waals surface area (Å²) in [7, 11) is 0. The third-order valence-electron chi connectivity index (χ3n) is 2.00. The maximum absolute atomic E-state index is 10.4. The molecule has 78 valence electrons. The molecule has 0 saturated heterocycles. The summed E-state index contributed by atoms with van der Waals surface area (Å²) in [6.45, 7) is 0. The first-order chi connectivity index (χ1) is 6.75. The lowest BCUT2D eigenvalue weighted by Crippen LogP contribution is -2.06. The molecule has 0 unspecified atom stereocenters. The van der Waals surface area contributed by atoms with Crippen molar-refractivity contribution in [3.8, 4) is 0 Å². The topological polar surface area (TPSA) is 49.3 Å². The summed E-state index contributed by atoms with van der Waals surface area (Å²) in [5.74, 6) is 0. The lowest BCUT2D eigenvalue weighted by Gasteiger charge is -2.02. The van der Waals surface area contributed by atoms with E-state index < -0.39 is 6.09 Å². The zero-order valence-electron chi connectivity index (χ0n) is 7.81. The summed E-state index contributed by atoms with van der Waals surface area (Å²) in [4.78, 5) is 10.4. The van der Waals surface area contributed by atoms with Gasteiger partial charge in [-0.15, -0.1) is 12.4 Å². The number of halogens is 1. The number of rotatable bonds is 1. The van der Waals surface area contributed by atoms with E-state index in [2.05, 4.69) is 5.32 Å². The molecule has 0 radical (unpaired) electrons. The van der Waals surface area contributed by atoms with Crippen LogP contribution in [0.1, 0.15) is 0 Å². The number of carboxylic acid groups (broad SMARTS) is 1. The van der Waals surface area contributed by atoms with E-state index in [4.69, 9.17) is 5.11 Å². The Hall–Kier alpha value is -1.74. The second-order valence-electron chi connectivity index (χ2n) is 2.99. The van der Waals surface area contributed by atoms with Gasteiger partial charge < -0.3 is 5.11 Å². The fraction of sp³-hybridized carbons (Fsp3) is 0. The van der Waals surface area contributed by atoms with E-state index in [0.717, 1.165) is 10.8 Å². The van der Waals surface area contributed by atoms with Crippen molar-refractivity contribution >= 4 is 35.0 Å². The minimum Gasteiger partial charge on any atom is -0.465 e. The van der Waals surface area contributed by atoms with Crippen molar-refractivity contribution in [3.63, 3.8) is 0 Å². The molecule has 0 saturated carbocycles. The monoisotopic (exact) mass is 223 g/mol. The second kappa shape index (κ2) is 4.66. The molecule has 0 bridgehead atoms. The van der Waals surface area contributed by atoms with Gasteiger partial charge in [-0.3, -0.25) is 5.32 Å². The van der Waals surface area contributed by atoms with Gasteiger partial charge in [0, 0.05) is 5.69 Å². The highest BCUT2D eigenvalue weighted by Crippen LogP contribution is 2.18. The Bertz CT molecular complexity index is 485. The smallest absolute Gasteiger partial charge is 0.409 e. The zero-order chi connectivity index (χ0) is 9.97. The second-order valence-corrected chi connectivity index (χ2v) is 2.99. The molecular weight excluding hydrogens is 214 g/mol. The summed E-state index contributed by atoms with van der Waals surface area (Å²) in [6.07, 6.45) is -1.04. The summed E-state index contributed by atoms with van der Waals surface area (Å²) in [5.41, 5.74) is 0.594. The molecule has 1 amide bonds. The van der Waals surface area contributed by atoms with Gasteiger partial charge in [-0.1, -0.05) is 30.3 Å². The number of amides is 1. The Morgan fingerprint density at radius 3 is 2.40 bits per heavy atom. The molecule has 2 rings (SSSR count). The molecular formula is C11H10ClNO2. The Kier molecular flexibility index (Phi) is 3.52. The summed E-state index contributed by atoms with van der Waals surface area (Å²) < 4.78 is 0. The molecule has 0 aliphatic heterocycles. The average molecular weight is 224 g/mol. The van der Waals surface area contributed by atoms with Crippen LogP contribution < -0.4 is 5.32 Å². The van der Waals surface area contributed by atoms with Crippen molar-refractivity contribution < 1.29 is 9.90 Å². The molecule has 0 aliphatic rings. The van der Waals surface area contributed by atoms with Crippen LogP contribution in [0.3, 0.4) is 0 Å². The van der Waals surface area contributed by atoms with Crippen molar-refractivity contribution in [2.45, 2.75) is 0 Å². The Labute approximate surface area is 93.1 Å². The Morgan fingerprint density at radius 1 is 1.07 bits per heavy atom. The van der Waals surface area contributed by atoms with Gasteiger partial charge in [0.05, 0.1) is 0 Å². The third kappa shape index (κ3) is 2.60. The van der Waals surface area contributed by atoms with Crippen molar-refractivity contribution in [3.05, 3.63) is 42.5 Å². The van der Waals surface area contributed by atoms with Crippen LogP contribution in [0.2, 0.25) is 0 Å². The maximum Gasteiger partial charge on any atom is 0.409 e. The molecule has 0 atom stereocenters. The van der Waals surface area contributed by atoms with Gasteiger partial charge in [-0.05, 0) is 22.9 Å². The quantitative estimate of drug-likeness (QED) is 0.779. The fourth-order valence-corrected chi connectivity index (χ4v) is 1.39. The van der Waals surface area contributed by atoms with Gasteiger partial charge in [0.15, 0.2) is 0 Å². The number of nitrogens with one attached hydrogen (secondary N) is 1. The first-order valence-electron chi connectivity index (χ1n) is 4.24. The van der Waals surface area contributed by atoms with Gasteiger partial charge in [0.2, 0.25) is 0 Å². The van der Waals surface area contributed by atoms with E-state index in [0.29, 0.717) is 5.69 Å². The molecule has 15 heavy (non-hydrogen) atoms. The lowest BCUT2D eigenvalue weighted by molar-refractivity contribution is 0.210. The number of hydrogen-bond donors (Lipinski definition) is 2. The first-order valence-corrected chi connectivity index (χ1v) is 4.24. The number of benzene rings is 2. The molecule has 0 spiro atoms. The van der Waals surface area contributed by atoms with Gasteiger partial charge in [0.25, 0.3) is 0 Å². The fourth-order valence-electron chi connectivity index (χ4n) is 1.39. The SMILES string of the molecule is Cl.O=C(O)Nc1ccc2ccccc2c1. The molecule has 0 aliphatic carbocycles. The number of carbonyl (C=O) groups is 1. The maximum atomic E-state index is 10.4. The summed E-state index contributed by atoms with van der Waals surface area (Å²) >= 11 is 0. The standard InChI is InChI=1S/C11H9NO2.ClH/c13-11(14)12-10-6-5-8-3-1-2-4-9(8)7-10;/h1-7,12H,(H,13,14);1H. The summed E-state index contributed by atoms with van der Waals surface area (Å²) in [6, 6.07) is 13.3. The summed E-state index contributed by atoms with van der Waals surface area (Å²) in [5, 5.41) is 13.0. The van der Waals surface area contributed by atoms with Gasteiger partial charge >= 0.3 is 6.09 Å². The van der Waals surface area contributed by atoms with Gasteiger partial charge in [-0.2, -0.15) is 0 Å². The molecule has 3 nitrogen and oxygen atoms in total. The van der Waals surface area contributed by atoms with Gasteiger partial charge in [-0.25, -0.2) is 4.79 Å². The van der Waals surface area contributed by atoms with Crippen LogP contribution in [0.4, 0.5) is 10.5 Å². The molecule has 2 aromatic rings. The number of hydrogen-bond acceptors (Lipinski definition) is 1. The Morgan fingerprint density at radius 2 is 1.73 bits per heavy atom. The zero-order valence-corrected chi connectivity index (χ0v) is 8.62. The first kappa shape index (κ1) is 11.3.